The second-order valence-corrected chi connectivity index (χ2v) is 5.69. The lowest BCUT2D eigenvalue weighted by molar-refractivity contribution is -0.254. The zero-order valence-corrected chi connectivity index (χ0v) is 14.0. The number of hydrogen-bond acceptors (Lipinski definition) is 4. The highest BCUT2D eigenvalue weighted by Crippen LogP contribution is 2.27. The SMILES string of the molecule is O=C(O)NC(Cc1cccc(OC(F)(F)C(F)F)n1)C(O)c1ccc(F)cc1. The predicted octanol–water partition coefficient (Wildman–Crippen LogP) is 3.37. The smallest absolute Gasteiger partial charge is 0.462 e. The van der Waals surface area contributed by atoms with Gasteiger partial charge in [0.15, 0.2) is 0 Å². The van der Waals surface area contributed by atoms with Crippen molar-refractivity contribution >= 4 is 6.09 Å². The van der Waals surface area contributed by atoms with Crippen LogP contribution >= 0.6 is 0 Å². The first-order chi connectivity index (χ1) is 13.1. The number of aliphatic hydroxyl groups excluding tert-OH is 1. The Balaban J connectivity index is 2.21. The molecular formula is C17H15F5N2O4. The molecule has 0 fully saturated rings. The zero-order chi connectivity index (χ0) is 20.9. The van der Waals surface area contributed by atoms with E-state index in [-0.39, 0.29) is 17.7 Å². The monoisotopic (exact) mass is 406 g/mol. The topological polar surface area (TPSA) is 91.7 Å². The maximum atomic E-state index is 13.0. The van der Waals surface area contributed by atoms with Crippen molar-refractivity contribution in [3.8, 4) is 5.88 Å². The van der Waals surface area contributed by atoms with Gasteiger partial charge in [-0.1, -0.05) is 18.2 Å². The molecule has 2 rings (SSSR count). The van der Waals surface area contributed by atoms with Crippen LogP contribution in [0.25, 0.3) is 0 Å². The fourth-order valence-corrected chi connectivity index (χ4v) is 2.33. The number of pyridine rings is 1. The van der Waals surface area contributed by atoms with Gasteiger partial charge in [-0.15, -0.1) is 0 Å². The number of alkyl halides is 4. The molecule has 1 aromatic heterocycles. The van der Waals surface area contributed by atoms with E-state index in [9.17, 15) is 31.9 Å². The van der Waals surface area contributed by atoms with Crippen LogP contribution in [-0.2, 0) is 6.42 Å². The molecule has 1 aromatic carbocycles. The number of amides is 1. The Bertz CT molecular complexity index is 804. The van der Waals surface area contributed by atoms with Gasteiger partial charge in [0.2, 0.25) is 5.88 Å². The van der Waals surface area contributed by atoms with Crippen molar-refractivity contribution in [1.82, 2.24) is 10.3 Å². The molecule has 0 aliphatic heterocycles. The molecule has 2 aromatic rings. The van der Waals surface area contributed by atoms with E-state index in [1.807, 2.05) is 0 Å². The molecule has 2 atom stereocenters. The highest BCUT2D eigenvalue weighted by atomic mass is 19.3. The molecule has 0 bridgehead atoms. The molecular weight excluding hydrogens is 391 g/mol. The number of aromatic nitrogens is 1. The van der Waals surface area contributed by atoms with Gasteiger partial charge in [-0.05, 0) is 23.8 Å². The Morgan fingerprint density at radius 3 is 2.39 bits per heavy atom. The maximum Gasteiger partial charge on any atom is 0.462 e. The van der Waals surface area contributed by atoms with Crippen molar-refractivity contribution in [3.63, 3.8) is 0 Å². The van der Waals surface area contributed by atoms with E-state index >= 15 is 0 Å². The minimum atomic E-state index is -4.75. The highest BCUT2D eigenvalue weighted by molar-refractivity contribution is 5.65. The molecule has 3 N–H and O–H groups in total. The average Bonchev–Trinajstić information content (AvgIpc) is 2.60. The molecule has 152 valence electrons. The predicted molar refractivity (Wildman–Crippen MR) is 85.8 cm³/mol. The van der Waals surface area contributed by atoms with Crippen molar-refractivity contribution in [2.75, 3.05) is 0 Å². The van der Waals surface area contributed by atoms with Gasteiger partial charge in [0.1, 0.15) is 5.82 Å². The molecule has 1 heterocycles. The third-order valence-corrected chi connectivity index (χ3v) is 3.61. The zero-order valence-electron chi connectivity index (χ0n) is 14.0. The van der Waals surface area contributed by atoms with E-state index in [1.165, 1.54) is 24.3 Å². The molecule has 2 unspecified atom stereocenters. The summed E-state index contributed by atoms with van der Waals surface area (Å²) in [4.78, 5) is 14.6. The Morgan fingerprint density at radius 1 is 1.18 bits per heavy atom. The quantitative estimate of drug-likeness (QED) is 0.585. The van der Waals surface area contributed by atoms with E-state index in [0.29, 0.717) is 0 Å². The molecule has 0 aliphatic carbocycles. The van der Waals surface area contributed by atoms with Gasteiger partial charge in [-0.25, -0.2) is 14.2 Å². The van der Waals surface area contributed by atoms with Crippen LogP contribution in [-0.4, -0.2) is 39.9 Å². The maximum absolute atomic E-state index is 13.0. The minimum absolute atomic E-state index is 0.0116. The van der Waals surface area contributed by atoms with E-state index in [2.05, 4.69) is 15.0 Å². The number of aliphatic hydroxyl groups is 1. The van der Waals surface area contributed by atoms with E-state index in [1.54, 1.807) is 0 Å². The van der Waals surface area contributed by atoms with Crippen molar-refractivity contribution in [1.29, 1.82) is 0 Å². The fourth-order valence-electron chi connectivity index (χ4n) is 2.33. The van der Waals surface area contributed by atoms with Gasteiger partial charge in [0.25, 0.3) is 0 Å². The third kappa shape index (κ3) is 5.78. The Morgan fingerprint density at radius 2 is 1.82 bits per heavy atom. The Kier molecular flexibility index (Phi) is 6.73. The summed E-state index contributed by atoms with van der Waals surface area (Å²) in [5, 5.41) is 21.4. The Hall–Kier alpha value is -2.95. The first-order valence-corrected chi connectivity index (χ1v) is 7.82. The standard InChI is InChI=1S/C17H15F5N2O4/c18-10-6-4-9(5-7-10)14(25)12(24-16(26)27)8-11-2-1-3-13(23-11)28-17(21,22)15(19)20/h1-7,12,14-15,24-25H,8H2,(H,26,27). The fraction of sp³-hybridized carbons (Fsp3) is 0.294. The largest absolute Gasteiger partial charge is 0.465 e. The molecule has 0 aliphatic rings. The van der Waals surface area contributed by atoms with Gasteiger partial charge in [-0.2, -0.15) is 17.6 Å². The van der Waals surface area contributed by atoms with Gasteiger partial charge in [0.05, 0.1) is 12.1 Å². The van der Waals surface area contributed by atoms with E-state index < -0.39 is 42.5 Å². The van der Waals surface area contributed by atoms with Crippen molar-refractivity contribution < 1.29 is 41.7 Å². The summed E-state index contributed by atoms with van der Waals surface area (Å²) in [6.45, 7) is 0. The molecule has 0 saturated heterocycles. The summed E-state index contributed by atoms with van der Waals surface area (Å²) in [6.07, 6.45) is -12.0. The van der Waals surface area contributed by atoms with Crippen LogP contribution in [0.4, 0.5) is 26.7 Å². The summed E-state index contributed by atoms with van der Waals surface area (Å²) < 4.78 is 67.4. The van der Waals surface area contributed by atoms with Crippen LogP contribution in [0, 0.1) is 5.82 Å². The molecule has 28 heavy (non-hydrogen) atoms. The number of carboxylic acid groups (broad SMARTS) is 1. The van der Waals surface area contributed by atoms with Crippen molar-refractivity contribution in [3.05, 3.63) is 59.5 Å². The van der Waals surface area contributed by atoms with Gasteiger partial charge in [0, 0.05) is 18.2 Å². The van der Waals surface area contributed by atoms with Crippen LogP contribution in [0.2, 0.25) is 0 Å². The second-order valence-electron chi connectivity index (χ2n) is 5.69. The van der Waals surface area contributed by atoms with E-state index in [4.69, 9.17) is 5.11 Å². The van der Waals surface area contributed by atoms with Gasteiger partial charge in [-0.3, -0.25) is 0 Å². The highest BCUT2D eigenvalue weighted by Gasteiger charge is 2.44. The first-order valence-electron chi connectivity index (χ1n) is 7.82. The lowest BCUT2D eigenvalue weighted by atomic mass is 9.98. The van der Waals surface area contributed by atoms with Crippen LogP contribution in [0.15, 0.2) is 42.5 Å². The van der Waals surface area contributed by atoms with Crippen LogP contribution in [0.1, 0.15) is 17.4 Å². The molecule has 0 saturated carbocycles. The number of carbonyl (C=O) groups is 1. The molecule has 6 nitrogen and oxygen atoms in total. The normalized spacial score (nSPS) is 13.8. The minimum Gasteiger partial charge on any atom is -0.465 e. The number of rotatable bonds is 8. The van der Waals surface area contributed by atoms with Gasteiger partial charge >= 0.3 is 18.6 Å². The van der Waals surface area contributed by atoms with Crippen LogP contribution < -0.4 is 10.1 Å². The summed E-state index contributed by atoms with van der Waals surface area (Å²) in [5.74, 6) is -1.36. The third-order valence-electron chi connectivity index (χ3n) is 3.61. The number of nitrogens with one attached hydrogen (secondary N) is 1. The lowest BCUT2D eigenvalue weighted by Gasteiger charge is -2.23. The number of hydrogen-bond donors (Lipinski definition) is 3. The summed E-state index contributed by atoms with van der Waals surface area (Å²) >= 11 is 0. The van der Waals surface area contributed by atoms with Crippen molar-refractivity contribution in [2.45, 2.75) is 31.1 Å². The van der Waals surface area contributed by atoms with Crippen LogP contribution in [0.5, 0.6) is 5.88 Å². The number of halogens is 5. The summed E-state index contributed by atoms with van der Waals surface area (Å²) in [5.41, 5.74) is 0.180. The van der Waals surface area contributed by atoms with Crippen LogP contribution in [0.3, 0.4) is 0 Å². The number of benzene rings is 1. The van der Waals surface area contributed by atoms with E-state index in [0.717, 1.165) is 18.2 Å². The molecule has 0 radical (unpaired) electrons. The molecule has 11 heteroatoms. The van der Waals surface area contributed by atoms with Crippen molar-refractivity contribution in [2.24, 2.45) is 0 Å². The summed E-state index contributed by atoms with van der Waals surface area (Å²) in [6, 6.07) is 6.85. The number of ether oxygens (including phenoxy) is 1. The first kappa shape index (κ1) is 21.4. The molecule has 1 amide bonds. The van der Waals surface area contributed by atoms with Gasteiger partial charge < -0.3 is 20.3 Å². The number of nitrogens with zero attached hydrogens (tertiary/aromatic N) is 1. The average molecular weight is 406 g/mol. The summed E-state index contributed by atoms with van der Waals surface area (Å²) in [7, 11) is 0. The molecule has 0 spiro atoms. The Labute approximate surface area is 155 Å². The second kappa shape index (κ2) is 8.83. The lowest BCUT2D eigenvalue weighted by Crippen LogP contribution is -2.40.